The lowest BCUT2D eigenvalue weighted by Crippen LogP contribution is -2.08. The fraction of sp³-hybridized carbons (Fsp3) is 0.200. The third-order valence-electron chi connectivity index (χ3n) is 8.33. The van der Waals surface area contributed by atoms with Gasteiger partial charge in [-0.15, -0.1) is 0 Å². The van der Waals surface area contributed by atoms with Crippen LogP contribution in [0.3, 0.4) is 0 Å². The van der Waals surface area contributed by atoms with Crippen LogP contribution in [0, 0.1) is 0 Å². The van der Waals surface area contributed by atoms with Crippen molar-refractivity contribution in [2.45, 2.75) is 19.8 Å². The van der Waals surface area contributed by atoms with Crippen molar-refractivity contribution in [3.05, 3.63) is 115 Å². The molecule has 0 aliphatic heterocycles. The summed E-state index contributed by atoms with van der Waals surface area (Å²) >= 11 is 0. The number of benzene rings is 6. The zero-order chi connectivity index (χ0) is 29.9. The molecule has 0 unspecified atom stereocenters. The van der Waals surface area contributed by atoms with Crippen LogP contribution in [-0.4, -0.2) is 34.8 Å². The topological polar surface area (TPSA) is 15.7 Å². The Kier molecular flexibility index (Phi) is 8.07. The second-order valence-electron chi connectivity index (χ2n) is 11.6. The van der Waals surface area contributed by atoms with Crippen LogP contribution in [0.2, 0.25) is 0 Å². The van der Waals surface area contributed by atoms with Gasteiger partial charge in [0.1, 0.15) is 5.75 Å². The van der Waals surface area contributed by atoms with E-state index in [-0.39, 0.29) is 0 Å². The maximum Gasteiger partial charge on any atom is 0.119 e. The predicted molar refractivity (Wildman–Crippen MR) is 187 cm³/mol. The maximum absolute atomic E-state index is 6.00. The van der Waals surface area contributed by atoms with Gasteiger partial charge in [0.25, 0.3) is 0 Å². The molecule has 3 heteroatoms. The molecule has 0 fully saturated rings. The number of rotatable bonds is 9. The Morgan fingerprint density at radius 1 is 0.512 bits per heavy atom. The monoisotopic (exact) mass is 564 g/mol. The highest BCUT2D eigenvalue weighted by molar-refractivity contribution is 6.24. The van der Waals surface area contributed by atoms with Crippen molar-refractivity contribution >= 4 is 32.9 Å². The molecule has 0 bridgehead atoms. The van der Waals surface area contributed by atoms with Gasteiger partial charge < -0.3 is 14.5 Å². The Hall–Kier alpha value is -4.76. The van der Waals surface area contributed by atoms with Crippen molar-refractivity contribution in [3.8, 4) is 39.1 Å². The number of hydrogen-bond acceptors (Lipinski definition) is 3. The molecular weight excluding hydrogens is 524 g/mol. The number of anilines is 2. The van der Waals surface area contributed by atoms with E-state index in [1.807, 2.05) is 0 Å². The van der Waals surface area contributed by atoms with E-state index in [0.29, 0.717) is 0 Å². The SMILES string of the molecule is CCCCOc1ccc(-c2cccc3c(-c4ccc(N(C)C)cc4)c4ccccc4c(-c4ccc(N(C)C)cc4)c23)cc1. The second-order valence-corrected chi connectivity index (χ2v) is 11.6. The number of fused-ring (bicyclic) bond motifs is 2. The van der Waals surface area contributed by atoms with Gasteiger partial charge in [0.05, 0.1) is 6.61 Å². The standard InChI is InChI=1S/C40H40N2O/c1-6-7-27-43-33-25-19-28(20-26-33)34-13-10-14-37-38(29-15-21-31(22-16-29)41(2)3)35-11-8-9-12-36(35)39(40(34)37)30-17-23-32(24-18-30)42(4)5/h8-26H,6-7,27H2,1-5H3. The van der Waals surface area contributed by atoms with E-state index in [9.17, 15) is 0 Å². The largest absolute Gasteiger partial charge is 0.494 e. The predicted octanol–water partition coefficient (Wildman–Crippen LogP) is 10.3. The highest BCUT2D eigenvalue weighted by Gasteiger charge is 2.20. The molecule has 0 atom stereocenters. The van der Waals surface area contributed by atoms with Crippen molar-refractivity contribution < 1.29 is 4.74 Å². The fourth-order valence-corrected chi connectivity index (χ4v) is 6.00. The van der Waals surface area contributed by atoms with Gasteiger partial charge >= 0.3 is 0 Å². The third kappa shape index (κ3) is 5.56. The quantitative estimate of drug-likeness (QED) is 0.128. The molecular formula is C40H40N2O. The van der Waals surface area contributed by atoms with Crippen molar-refractivity contribution in [2.24, 2.45) is 0 Å². The summed E-state index contributed by atoms with van der Waals surface area (Å²) in [6.07, 6.45) is 2.19. The molecule has 216 valence electrons. The van der Waals surface area contributed by atoms with E-state index < -0.39 is 0 Å². The first-order chi connectivity index (χ1) is 21.0. The highest BCUT2D eigenvalue weighted by Crippen LogP contribution is 2.47. The van der Waals surface area contributed by atoms with E-state index in [1.165, 1.54) is 66.3 Å². The van der Waals surface area contributed by atoms with Gasteiger partial charge in [-0.3, -0.25) is 0 Å². The first-order valence-corrected chi connectivity index (χ1v) is 15.2. The molecule has 0 aliphatic carbocycles. The van der Waals surface area contributed by atoms with Crippen LogP contribution in [0.5, 0.6) is 5.75 Å². The van der Waals surface area contributed by atoms with Gasteiger partial charge in [-0.1, -0.05) is 92.2 Å². The summed E-state index contributed by atoms with van der Waals surface area (Å²) in [6.45, 7) is 2.94. The molecule has 0 amide bonds. The molecule has 43 heavy (non-hydrogen) atoms. The maximum atomic E-state index is 6.00. The summed E-state index contributed by atoms with van der Waals surface area (Å²) in [5, 5.41) is 5.04. The van der Waals surface area contributed by atoms with Crippen LogP contribution in [0.1, 0.15) is 19.8 Å². The molecule has 6 rings (SSSR count). The normalized spacial score (nSPS) is 11.2. The number of hydrogen-bond donors (Lipinski definition) is 0. The van der Waals surface area contributed by atoms with E-state index in [2.05, 4.69) is 160 Å². The van der Waals surface area contributed by atoms with Crippen LogP contribution in [0.15, 0.2) is 115 Å². The summed E-state index contributed by atoms with van der Waals surface area (Å²) in [4.78, 5) is 4.30. The molecule has 0 aliphatic rings. The third-order valence-corrected chi connectivity index (χ3v) is 8.33. The zero-order valence-corrected chi connectivity index (χ0v) is 25.9. The minimum atomic E-state index is 0.749. The van der Waals surface area contributed by atoms with Crippen LogP contribution in [0.4, 0.5) is 11.4 Å². The fourth-order valence-electron chi connectivity index (χ4n) is 6.00. The molecule has 0 aromatic heterocycles. The van der Waals surface area contributed by atoms with Crippen molar-refractivity contribution in [2.75, 3.05) is 44.6 Å². The molecule has 0 radical (unpaired) electrons. The summed E-state index contributed by atoms with van der Waals surface area (Å²) in [5.74, 6) is 0.920. The Morgan fingerprint density at radius 3 is 1.58 bits per heavy atom. The second kappa shape index (κ2) is 12.2. The van der Waals surface area contributed by atoms with E-state index >= 15 is 0 Å². The summed E-state index contributed by atoms with van der Waals surface area (Å²) in [7, 11) is 8.35. The van der Waals surface area contributed by atoms with Crippen molar-refractivity contribution in [1.29, 1.82) is 0 Å². The lowest BCUT2D eigenvalue weighted by Gasteiger charge is -2.21. The number of ether oxygens (including phenoxy) is 1. The van der Waals surface area contributed by atoms with E-state index in [1.54, 1.807) is 0 Å². The lowest BCUT2D eigenvalue weighted by molar-refractivity contribution is 0.309. The molecule has 0 spiro atoms. The van der Waals surface area contributed by atoms with E-state index in [4.69, 9.17) is 4.74 Å². The molecule has 0 heterocycles. The van der Waals surface area contributed by atoms with Gasteiger partial charge in [0.15, 0.2) is 0 Å². The first-order valence-electron chi connectivity index (χ1n) is 15.2. The van der Waals surface area contributed by atoms with Crippen LogP contribution in [-0.2, 0) is 0 Å². The van der Waals surface area contributed by atoms with Gasteiger partial charge in [0.2, 0.25) is 0 Å². The Balaban J connectivity index is 1.65. The van der Waals surface area contributed by atoms with Crippen LogP contribution < -0.4 is 14.5 Å². The van der Waals surface area contributed by atoms with Crippen LogP contribution >= 0.6 is 0 Å². The average Bonchev–Trinajstić information content (AvgIpc) is 3.04. The van der Waals surface area contributed by atoms with Crippen molar-refractivity contribution in [3.63, 3.8) is 0 Å². The van der Waals surface area contributed by atoms with E-state index in [0.717, 1.165) is 25.2 Å². The van der Waals surface area contributed by atoms with Gasteiger partial charge in [0, 0.05) is 39.6 Å². The minimum Gasteiger partial charge on any atom is -0.494 e. The average molecular weight is 565 g/mol. The lowest BCUT2D eigenvalue weighted by atomic mass is 9.83. The Bertz CT molecular complexity index is 1850. The zero-order valence-electron chi connectivity index (χ0n) is 25.9. The summed E-state index contributed by atoms with van der Waals surface area (Å²) in [6, 6.07) is 42.2. The summed E-state index contributed by atoms with van der Waals surface area (Å²) < 4.78 is 6.00. The Labute approximate surface area is 256 Å². The molecule has 6 aromatic rings. The molecule has 0 saturated carbocycles. The molecule has 6 aromatic carbocycles. The minimum absolute atomic E-state index is 0.749. The highest BCUT2D eigenvalue weighted by atomic mass is 16.5. The molecule has 0 N–H and O–H groups in total. The van der Waals surface area contributed by atoms with Crippen LogP contribution in [0.25, 0.3) is 54.9 Å². The molecule has 3 nitrogen and oxygen atoms in total. The first kappa shape index (κ1) is 28.4. The van der Waals surface area contributed by atoms with Crippen molar-refractivity contribution in [1.82, 2.24) is 0 Å². The Morgan fingerprint density at radius 2 is 1.02 bits per heavy atom. The number of nitrogens with zero attached hydrogens (tertiary/aromatic N) is 2. The van der Waals surface area contributed by atoms with Gasteiger partial charge in [-0.2, -0.15) is 0 Å². The smallest absolute Gasteiger partial charge is 0.119 e. The number of unbranched alkanes of at least 4 members (excludes halogenated alkanes) is 1. The summed E-state index contributed by atoms with van der Waals surface area (Å²) in [5.41, 5.74) is 9.76. The molecule has 0 saturated heterocycles. The van der Waals surface area contributed by atoms with Gasteiger partial charge in [-0.05, 0) is 97.7 Å². The van der Waals surface area contributed by atoms with Gasteiger partial charge in [-0.25, -0.2) is 0 Å².